The first kappa shape index (κ1) is 13.7. The molecule has 5 nitrogen and oxygen atoms in total. The lowest BCUT2D eigenvalue weighted by Crippen LogP contribution is -2.32. The molecule has 1 spiro atoms. The largest absolute Gasteiger partial charge is 0.454 e. The maximum absolute atomic E-state index is 12.6. The summed E-state index contributed by atoms with van der Waals surface area (Å²) >= 11 is 0. The minimum Gasteiger partial charge on any atom is -0.454 e. The minimum atomic E-state index is 0.155. The van der Waals surface area contributed by atoms with Crippen molar-refractivity contribution in [2.24, 2.45) is 11.3 Å². The number of carbonyl (C=O) groups is 1. The van der Waals surface area contributed by atoms with Crippen LogP contribution in [0.25, 0.3) is 0 Å². The Morgan fingerprint density at radius 2 is 2.04 bits per heavy atom. The molecule has 1 saturated carbocycles. The molecule has 1 aromatic carbocycles. The summed E-state index contributed by atoms with van der Waals surface area (Å²) in [4.78, 5) is 17.1. The average Bonchev–Trinajstić information content (AvgIpc) is 2.96. The lowest BCUT2D eigenvalue weighted by atomic mass is 9.86. The number of carbonyl (C=O) groups excluding carboxylic acids is 1. The Morgan fingerprint density at radius 1 is 1.17 bits per heavy atom. The fourth-order valence-corrected chi connectivity index (χ4v) is 4.31. The number of rotatable bonds is 3. The number of fused-ring (bicyclic) bond motifs is 1. The van der Waals surface area contributed by atoms with Crippen LogP contribution in [0.1, 0.15) is 25.7 Å². The molecule has 1 amide bonds. The van der Waals surface area contributed by atoms with Crippen LogP contribution in [0.5, 0.6) is 11.5 Å². The smallest absolute Gasteiger partial charge is 0.231 e. The van der Waals surface area contributed by atoms with E-state index in [0.29, 0.717) is 6.42 Å². The monoisotopic (exact) mass is 314 g/mol. The Morgan fingerprint density at radius 3 is 2.91 bits per heavy atom. The molecular weight excluding hydrogens is 292 g/mol. The van der Waals surface area contributed by atoms with Crippen LogP contribution >= 0.6 is 0 Å². The van der Waals surface area contributed by atoms with Crippen molar-refractivity contribution in [2.75, 3.05) is 37.9 Å². The predicted octanol–water partition coefficient (Wildman–Crippen LogP) is 2.25. The zero-order valence-electron chi connectivity index (χ0n) is 13.3. The second-order valence-electron chi connectivity index (χ2n) is 7.62. The number of likely N-dealkylation sites (tertiary alicyclic amines) is 1. The summed E-state index contributed by atoms with van der Waals surface area (Å²) in [5.74, 6) is 2.69. The Bertz CT molecular complexity index is 658. The van der Waals surface area contributed by atoms with Crippen molar-refractivity contribution in [1.29, 1.82) is 0 Å². The highest BCUT2D eigenvalue weighted by atomic mass is 16.7. The first-order valence-corrected chi connectivity index (χ1v) is 8.63. The highest BCUT2D eigenvalue weighted by Gasteiger charge is 2.48. The zero-order chi connectivity index (χ0) is 15.4. The summed E-state index contributed by atoms with van der Waals surface area (Å²) in [5, 5.41) is 0. The van der Waals surface area contributed by atoms with Crippen LogP contribution in [0.3, 0.4) is 0 Å². The topological polar surface area (TPSA) is 42.0 Å². The van der Waals surface area contributed by atoms with Crippen molar-refractivity contribution >= 4 is 11.6 Å². The van der Waals surface area contributed by atoms with Crippen molar-refractivity contribution in [2.45, 2.75) is 25.7 Å². The van der Waals surface area contributed by atoms with Gasteiger partial charge in [0.05, 0.1) is 0 Å². The summed E-state index contributed by atoms with van der Waals surface area (Å²) in [7, 11) is 0. The van der Waals surface area contributed by atoms with Crippen molar-refractivity contribution in [1.82, 2.24) is 4.90 Å². The lowest BCUT2D eigenvalue weighted by Gasteiger charge is -2.24. The maximum atomic E-state index is 12.6. The second-order valence-corrected chi connectivity index (χ2v) is 7.62. The Hall–Kier alpha value is -1.75. The quantitative estimate of drug-likeness (QED) is 0.858. The normalized spacial score (nSPS) is 29.9. The van der Waals surface area contributed by atoms with E-state index in [1.807, 2.05) is 23.1 Å². The molecule has 5 rings (SSSR count). The molecule has 1 aliphatic carbocycles. The molecule has 0 unspecified atom stereocenters. The summed E-state index contributed by atoms with van der Waals surface area (Å²) in [6.07, 6.45) is 4.62. The average molecular weight is 314 g/mol. The first-order chi connectivity index (χ1) is 11.2. The van der Waals surface area contributed by atoms with Crippen LogP contribution in [0.15, 0.2) is 18.2 Å². The van der Waals surface area contributed by atoms with Gasteiger partial charge < -0.3 is 19.3 Å². The fraction of sp³-hybridized carbons (Fsp3) is 0.611. The molecule has 3 aliphatic heterocycles. The standard InChI is InChI=1S/C18H22N2O3/c21-17-8-18(5-6-19(10-18)9-13-1-2-13)11-20(17)14-3-4-15-16(7-14)23-12-22-15/h3-4,7,13H,1-2,5-6,8-12H2/t18-/m1/s1. The van der Waals surface area contributed by atoms with Crippen LogP contribution in [-0.4, -0.2) is 43.8 Å². The number of anilines is 1. The molecule has 0 bridgehead atoms. The third-order valence-corrected chi connectivity index (χ3v) is 5.72. The van der Waals surface area contributed by atoms with Gasteiger partial charge in [-0.2, -0.15) is 0 Å². The number of benzene rings is 1. The van der Waals surface area contributed by atoms with Gasteiger partial charge in [-0.3, -0.25) is 4.79 Å². The van der Waals surface area contributed by atoms with Gasteiger partial charge in [0.1, 0.15) is 0 Å². The van der Waals surface area contributed by atoms with Gasteiger partial charge in [0.25, 0.3) is 0 Å². The molecule has 3 heterocycles. The highest BCUT2D eigenvalue weighted by Crippen LogP contribution is 2.44. The van der Waals surface area contributed by atoms with Gasteiger partial charge in [-0.15, -0.1) is 0 Å². The molecule has 0 aromatic heterocycles. The van der Waals surface area contributed by atoms with E-state index in [1.54, 1.807) is 0 Å². The summed E-state index contributed by atoms with van der Waals surface area (Å²) in [6, 6.07) is 5.82. The van der Waals surface area contributed by atoms with Gasteiger partial charge in [0.15, 0.2) is 11.5 Å². The Balaban J connectivity index is 1.34. The van der Waals surface area contributed by atoms with Gasteiger partial charge in [0.2, 0.25) is 12.7 Å². The zero-order valence-corrected chi connectivity index (χ0v) is 13.3. The van der Waals surface area contributed by atoms with Crippen molar-refractivity contribution in [3.8, 4) is 11.5 Å². The molecule has 3 fully saturated rings. The number of nitrogens with zero attached hydrogens (tertiary/aromatic N) is 2. The number of amides is 1. The van der Waals surface area contributed by atoms with Crippen LogP contribution in [0.4, 0.5) is 5.69 Å². The maximum Gasteiger partial charge on any atom is 0.231 e. The molecule has 5 heteroatoms. The molecule has 0 N–H and O–H groups in total. The first-order valence-electron chi connectivity index (χ1n) is 8.63. The highest BCUT2D eigenvalue weighted by molar-refractivity contribution is 5.96. The second kappa shape index (κ2) is 4.87. The van der Waals surface area contributed by atoms with E-state index in [2.05, 4.69) is 4.90 Å². The number of ether oxygens (including phenoxy) is 2. The predicted molar refractivity (Wildman–Crippen MR) is 85.7 cm³/mol. The summed E-state index contributed by atoms with van der Waals surface area (Å²) in [5.41, 5.74) is 1.10. The molecule has 2 saturated heterocycles. The summed E-state index contributed by atoms with van der Waals surface area (Å²) in [6.45, 7) is 4.58. The van der Waals surface area contributed by atoms with Crippen LogP contribution in [-0.2, 0) is 4.79 Å². The molecule has 23 heavy (non-hydrogen) atoms. The molecule has 0 radical (unpaired) electrons. The van der Waals surface area contributed by atoms with Crippen LogP contribution in [0, 0.1) is 11.3 Å². The van der Waals surface area contributed by atoms with E-state index in [1.165, 1.54) is 19.4 Å². The van der Waals surface area contributed by atoms with Gasteiger partial charge >= 0.3 is 0 Å². The van der Waals surface area contributed by atoms with Crippen LogP contribution in [0.2, 0.25) is 0 Å². The van der Waals surface area contributed by atoms with Gasteiger partial charge in [0, 0.05) is 43.2 Å². The number of hydrogen-bond acceptors (Lipinski definition) is 4. The van der Waals surface area contributed by atoms with Crippen molar-refractivity contribution < 1.29 is 14.3 Å². The van der Waals surface area contributed by atoms with Crippen LogP contribution < -0.4 is 14.4 Å². The van der Waals surface area contributed by atoms with Gasteiger partial charge in [-0.1, -0.05) is 0 Å². The van der Waals surface area contributed by atoms with E-state index in [-0.39, 0.29) is 18.1 Å². The molecular formula is C18H22N2O3. The lowest BCUT2D eigenvalue weighted by molar-refractivity contribution is -0.117. The van der Waals surface area contributed by atoms with Gasteiger partial charge in [-0.25, -0.2) is 0 Å². The molecule has 4 aliphatic rings. The molecule has 122 valence electrons. The SMILES string of the molecule is O=C1C[C@@]2(CCN(CC3CC3)C2)CN1c1ccc2c(c1)OCO2. The van der Waals surface area contributed by atoms with Crippen molar-refractivity contribution in [3.63, 3.8) is 0 Å². The Labute approximate surface area is 136 Å². The third-order valence-electron chi connectivity index (χ3n) is 5.72. The van der Waals surface area contributed by atoms with E-state index >= 15 is 0 Å². The molecule has 1 aromatic rings. The molecule has 1 atom stereocenters. The van der Waals surface area contributed by atoms with E-state index in [4.69, 9.17) is 9.47 Å². The minimum absolute atomic E-state index is 0.155. The summed E-state index contributed by atoms with van der Waals surface area (Å²) < 4.78 is 10.8. The number of hydrogen-bond donors (Lipinski definition) is 0. The third kappa shape index (κ3) is 2.38. The van der Waals surface area contributed by atoms with Gasteiger partial charge in [-0.05, 0) is 43.9 Å². The Kier molecular flexibility index (Phi) is 2.89. The van der Waals surface area contributed by atoms with E-state index < -0.39 is 0 Å². The van der Waals surface area contributed by atoms with Crippen molar-refractivity contribution in [3.05, 3.63) is 18.2 Å². The fourth-order valence-electron chi connectivity index (χ4n) is 4.31. The van der Waals surface area contributed by atoms with E-state index in [9.17, 15) is 4.79 Å². The van der Waals surface area contributed by atoms with E-state index in [0.717, 1.165) is 49.2 Å².